The third-order valence-corrected chi connectivity index (χ3v) is 4.34. The van der Waals surface area contributed by atoms with Gasteiger partial charge in [0.1, 0.15) is 0 Å². The van der Waals surface area contributed by atoms with E-state index in [-0.39, 0.29) is 11.8 Å². The lowest BCUT2D eigenvalue weighted by molar-refractivity contribution is -0.116. The van der Waals surface area contributed by atoms with Gasteiger partial charge in [0.05, 0.1) is 4.88 Å². The Labute approximate surface area is 154 Å². The number of nitrogens with zero attached hydrogens (tertiary/aromatic N) is 2. The fourth-order valence-corrected chi connectivity index (χ4v) is 3.01. The zero-order chi connectivity index (χ0) is 18.4. The second kappa shape index (κ2) is 8.39. The highest BCUT2D eigenvalue weighted by Gasteiger charge is 2.10. The van der Waals surface area contributed by atoms with Crippen LogP contribution in [0, 0.1) is 0 Å². The van der Waals surface area contributed by atoms with Crippen molar-refractivity contribution in [3.05, 3.63) is 47.7 Å². The van der Waals surface area contributed by atoms with Crippen LogP contribution in [-0.4, -0.2) is 22.0 Å². The molecule has 2 aromatic heterocycles. The van der Waals surface area contributed by atoms with E-state index in [0.717, 1.165) is 4.88 Å². The molecular weight excluding hydrogens is 352 g/mol. The maximum Gasteiger partial charge on any atom is 0.226 e. The molecule has 2 amide bonds. The summed E-state index contributed by atoms with van der Waals surface area (Å²) < 4.78 is 5.21. The number of aromatic nitrogens is 2. The second-order valence-corrected chi connectivity index (χ2v) is 6.60. The van der Waals surface area contributed by atoms with Gasteiger partial charge in [-0.15, -0.1) is 11.3 Å². The molecule has 0 aliphatic heterocycles. The molecule has 0 aliphatic carbocycles. The molecule has 1 aromatic carbocycles. The van der Waals surface area contributed by atoms with E-state index in [1.54, 1.807) is 35.6 Å². The molecule has 3 rings (SSSR count). The summed E-state index contributed by atoms with van der Waals surface area (Å²) in [6.07, 6.45) is 1.47. The van der Waals surface area contributed by atoms with Crippen LogP contribution in [0.3, 0.4) is 0 Å². The molecule has 134 valence electrons. The Balaban J connectivity index is 1.46. The summed E-state index contributed by atoms with van der Waals surface area (Å²) in [6, 6.07) is 10.9. The van der Waals surface area contributed by atoms with Crippen molar-refractivity contribution in [1.82, 2.24) is 10.1 Å². The van der Waals surface area contributed by atoms with Crippen LogP contribution in [0.15, 0.2) is 46.3 Å². The SMILES string of the molecule is CC(=O)Nc1cccc(NC(=O)CCCc2nc(-c3cccs3)no2)c1. The molecule has 0 unspecified atom stereocenters. The van der Waals surface area contributed by atoms with E-state index in [0.29, 0.717) is 42.4 Å². The molecule has 0 aliphatic rings. The van der Waals surface area contributed by atoms with Gasteiger partial charge in [-0.1, -0.05) is 17.3 Å². The Morgan fingerprint density at radius 1 is 1.15 bits per heavy atom. The number of hydrogen-bond acceptors (Lipinski definition) is 6. The molecule has 7 nitrogen and oxygen atoms in total. The first-order chi connectivity index (χ1) is 12.6. The van der Waals surface area contributed by atoms with Gasteiger partial charge in [-0.05, 0) is 36.1 Å². The molecule has 0 atom stereocenters. The lowest BCUT2D eigenvalue weighted by Gasteiger charge is -2.07. The van der Waals surface area contributed by atoms with Crippen LogP contribution in [0.2, 0.25) is 0 Å². The number of carbonyl (C=O) groups excluding carboxylic acids is 2. The smallest absolute Gasteiger partial charge is 0.226 e. The van der Waals surface area contributed by atoms with Crippen LogP contribution in [-0.2, 0) is 16.0 Å². The van der Waals surface area contributed by atoms with Crippen molar-refractivity contribution in [2.24, 2.45) is 0 Å². The highest BCUT2D eigenvalue weighted by molar-refractivity contribution is 7.13. The molecule has 8 heteroatoms. The van der Waals surface area contributed by atoms with E-state index in [2.05, 4.69) is 20.8 Å². The summed E-state index contributed by atoms with van der Waals surface area (Å²) in [7, 11) is 0. The van der Waals surface area contributed by atoms with Gasteiger partial charge in [0, 0.05) is 31.1 Å². The quantitative estimate of drug-likeness (QED) is 0.661. The molecule has 0 bridgehead atoms. The Kier molecular flexibility index (Phi) is 5.75. The van der Waals surface area contributed by atoms with Crippen LogP contribution in [0.5, 0.6) is 0 Å². The highest BCUT2D eigenvalue weighted by atomic mass is 32.1. The molecule has 0 saturated carbocycles. The zero-order valence-corrected chi connectivity index (χ0v) is 15.0. The number of hydrogen-bond donors (Lipinski definition) is 2. The van der Waals surface area contributed by atoms with Gasteiger partial charge in [-0.25, -0.2) is 0 Å². The van der Waals surface area contributed by atoms with Crippen molar-refractivity contribution in [3.8, 4) is 10.7 Å². The molecule has 3 aromatic rings. The average Bonchev–Trinajstić information content (AvgIpc) is 3.26. The molecule has 0 fully saturated rings. The number of carbonyl (C=O) groups is 2. The first-order valence-electron chi connectivity index (χ1n) is 8.14. The fraction of sp³-hybridized carbons (Fsp3) is 0.222. The van der Waals surface area contributed by atoms with E-state index in [1.165, 1.54) is 6.92 Å². The van der Waals surface area contributed by atoms with Crippen molar-refractivity contribution in [1.29, 1.82) is 0 Å². The van der Waals surface area contributed by atoms with Gasteiger partial charge in [0.25, 0.3) is 0 Å². The van der Waals surface area contributed by atoms with Gasteiger partial charge in [-0.3, -0.25) is 9.59 Å². The van der Waals surface area contributed by atoms with Gasteiger partial charge < -0.3 is 15.2 Å². The minimum Gasteiger partial charge on any atom is -0.339 e. The van der Waals surface area contributed by atoms with Crippen LogP contribution in [0.1, 0.15) is 25.7 Å². The lowest BCUT2D eigenvalue weighted by atomic mass is 10.2. The number of anilines is 2. The molecular formula is C18H18N4O3S. The first kappa shape index (κ1) is 17.8. The fourth-order valence-electron chi connectivity index (χ4n) is 2.36. The van der Waals surface area contributed by atoms with E-state index in [1.807, 2.05) is 17.5 Å². The molecule has 0 spiro atoms. The predicted molar refractivity (Wildman–Crippen MR) is 99.9 cm³/mol. The topological polar surface area (TPSA) is 97.1 Å². The van der Waals surface area contributed by atoms with Gasteiger partial charge in [0.15, 0.2) is 0 Å². The van der Waals surface area contributed by atoms with Gasteiger partial charge in [-0.2, -0.15) is 4.98 Å². The number of thiophene rings is 1. The van der Waals surface area contributed by atoms with Crippen LogP contribution in [0.4, 0.5) is 11.4 Å². The van der Waals surface area contributed by atoms with Crippen molar-refractivity contribution in [2.45, 2.75) is 26.2 Å². The molecule has 26 heavy (non-hydrogen) atoms. The summed E-state index contributed by atoms with van der Waals surface area (Å²) in [6.45, 7) is 1.44. The lowest BCUT2D eigenvalue weighted by Crippen LogP contribution is -2.12. The predicted octanol–water partition coefficient (Wildman–Crippen LogP) is 3.72. The summed E-state index contributed by atoms with van der Waals surface area (Å²) in [5, 5.41) is 11.4. The normalized spacial score (nSPS) is 10.5. The Hall–Kier alpha value is -3.00. The van der Waals surface area contributed by atoms with Crippen molar-refractivity contribution >= 4 is 34.5 Å². The second-order valence-electron chi connectivity index (χ2n) is 5.65. The largest absolute Gasteiger partial charge is 0.339 e. The monoisotopic (exact) mass is 370 g/mol. The van der Waals surface area contributed by atoms with E-state index in [4.69, 9.17) is 4.52 Å². The van der Waals surface area contributed by atoms with E-state index < -0.39 is 0 Å². The Bertz CT molecular complexity index is 889. The number of rotatable bonds is 7. The molecule has 0 saturated heterocycles. The maximum atomic E-state index is 12.1. The average molecular weight is 370 g/mol. The maximum absolute atomic E-state index is 12.1. The number of benzene rings is 1. The summed E-state index contributed by atoms with van der Waals surface area (Å²) in [5.41, 5.74) is 1.28. The molecule has 2 N–H and O–H groups in total. The van der Waals surface area contributed by atoms with Crippen molar-refractivity contribution in [3.63, 3.8) is 0 Å². The van der Waals surface area contributed by atoms with Crippen molar-refractivity contribution < 1.29 is 14.1 Å². The van der Waals surface area contributed by atoms with Crippen molar-refractivity contribution in [2.75, 3.05) is 10.6 Å². The van der Waals surface area contributed by atoms with E-state index >= 15 is 0 Å². The standard InChI is InChI=1S/C18H18N4O3S/c1-12(23)19-13-5-2-6-14(11-13)20-16(24)8-3-9-17-21-18(22-25-17)15-7-4-10-26-15/h2,4-7,10-11H,3,8-9H2,1H3,(H,19,23)(H,20,24). The number of amides is 2. The minimum absolute atomic E-state index is 0.108. The Morgan fingerprint density at radius 2 is 1.96 bits per heavy atom. The van der Waals surface area contributed by atoms with Gasteiger partial charge in [0.2, 0.25) is 23.5 Å². The number of nitrogens with one attached hydrogen (secondary N) is 2. The van der Waals surface area contributed by atoms with Crippen LogP contribution < -0.4 is 10.6 Å². The summed E-state index contributed by atoms with van der Waals surface area (Å²) in [5.74, 6) is 0.834. The number of aryl methyl sites for hydroxylation is 1. The summed E-state index contributed by atoms with van der Waals surface area (Å²) in [4.78, 5) is 28.4. The zero-order valence-electron chi connectivity index (χ0n) is 14.2. The molecule has 2 heterocycles. The minimum atomic E-state index is -0.157. The first-order valence-corrected chi connectivity index (χ1v) is 9.02. The third-order valence-electron chi connectivity index (χ3n) is 3.47. The molecule has 0 radical (unpaired) electrons. The highest BCUT2D eigenvalue weighted by Crippen LogP contribution is 2.21. The van der Waals surface area contributed by atoms with Crippen LogP contribution >= 0.6 is 11.3 Å². The van der Waals surface area contributed by atoms with E-state index in [9.17, 15) is 9.59 Å². The Morgan fingerprint density at radius 3 is 2.69 bits per heavy atom. The summed E-state index contributed by atoms with van der Waals surface area (Å²) >= 11 is 1.55. The third kappa shape index (κ3) is 5.00. The van der Waals surface area contributed by atoms with Gasteiger partial charge >= 0.3 is 0 Å². The van der Waals surface area contributed by atoms with Crippen LogP contribution in [0.25, 0.3) is 10.7 Å².